The average Bonchev–Trinajstić information content (AvgIpc) is 2.91. The molecule has 3 N–H and O–H groups in total. The summed E-state index contributed by atoms with van der Waals surface area (Å²) in [6.45, 7) is 6.80. The van der Waals surface area contributed by atoms with Gasteiger partial charge in [-0.05, 0) is 99.2 Å². The summed E-state index contributed by atoms with van der Waals surface area (Å²) in [5, 5.41) is 10.1. The van der Waals surface area contributed by atoms with E-state index in [1.165, 1.54) is 38.5 Å². The van der Waals surface area contributed by atoms with Gasteiger partial charge in [-0.25, -0.2) is 0 Å². The van der Waals surface area contributed by atoms with Crippen molar-refractivity contribution in [1.29, 1.82) is 0 Å². The molecule has 0 amide bonds. The zero-order valence-electron chi connectivity index (χ0n) is 17.3. The van der Waals surface area contributed by atoms with Crippen molar-refractivity contribution in [3.8, 4) is 0 Å². The van der Waals surface area contributed by atoms with E-state index < -0.39 is 10.4 Å². The van der Waals surface area contributed by atoms with Gasteiger partial charge >= 0.3 is 10.4 Å². The summed E-state index contributed by atoms with van der Waals surface area (Å²) in [6.07, 6.45) is 10.9. The predicted octanol–water partition coefficient (Wildman–Crippen LogP) is 3.94. The molecule has 0 aromatic carbocycles. The number of hydrogen-bond donors (Lipinski definition) is 3. The second-order valence-corrected chi connectivity index (χ2v) is 11.2. The van der Waals surface area contributed by atoms with Gasteiger partial charge in [0.15, 0.2) is 0 Å². The van der Waals surface area contributed by atoms with Gasteiger partial charge in [0.05, 0.1) is 6.10 Å². The second kappa shape index (κ2) is 7.64. The molecule has 4 saturated carbocycles. The Balaban J connectivity index is 0.000000403. The highest BCUT2D eigenvalue weighted by molar-refractivity contribution is 7.79. The minimum atomic E-state index is -4.67. The van der Waals surface area contributed by atoms with Gasteiger partial charge in [0.1, 0.15) is 5.78 Å². The molecule has 0 aliphatic heterocycles. The molecule has 7 heteroatoms. The van der Waals surface area contributed by atoms with E-state index in [-0.39, 0.29) is 11.5 Å². The van der Waals surface area contributed by atoms with Gasteiger partial charge in [0, 0.05) is 5.92 Å². The molecule has 0 spiro atoms. The zero-order chi connectivity index (χ0) is 20.9. The van der Waals surface area contributed by atoms with E-state index in [2.05, 4.69) is 13.8 Å². The number of hydrogen-bond acceptors (Lipinski definition) is 4. The predicted molar refractivity (Wildman–Crippen MR) is 106 cm³/mol. The zero-order valence-corrected chi connectivity index (χ0v) is 18.1. The smallest absolute Gasteiger partial charge is 0.393 e. The lowest BCUT2D eigenvalue weighted by Crippen LogP contribution is -2.54. The first-order valence-electron chi connectivity index (χ1n) is 10.7. The van der Waals surface area contributed by atoms with Crippen LogP contribution in [-0.2, 0) is 15.2 Å². The van der Waals surface area contributed by atoms with Crippen LogP contribution in [0.5, 0.6) is 0 Å². The van der Waals surface area contributed by atoms with Crippen LogP contribution in [0, 0.1) is 40.4 Å². The van der Waals surface area contributed by atoms with Crippen LogP contribution in [0.2, 0.25) is 0 Å². The fraction of sp³-hybridized carbons (Fsp3) is 0.952. The summed E-state index contributed by atoms with van der Waals surface area (Å²) in [6, 6.07) is 0. The first-order valence-corrected chi connectivity index (χ1v) is 12.1. The van der Waals surface area contributed by atoms with E-state index in [4.69, 9.17) is 17.5 Å². The van der Waals surface area contributed by atoms with Gasteiger partial charge in [-0.15, -0.1) is 0 Å². The maximum Gasteiger partial charge on any atom is 0.394 e. The second-order valence-electron chi connectivity index (χ2n) is 10.3. The standard InChI is InChI=1S/C21H34O2.H2O4S/c1-13(22)17-6-7-18-16-5-4-14-12-15(23)8-10-20(14,2)19(16)9-11-21(17,18)3;1-5(2,3)4/h14-19,23H,4-12H2,1-3H3;(H2,1,2,3,4)/t14-,15?,16-,17+,18-,19-,20-,21+;/m0./s1. The van der Waals surface area contributed by atoms with E-state index in [0.29, 0.717) is 17.1 Å². The van der Waals surface area contributed by atoms with Gasteiger partial charge in [0.2, 0.25) is 0 Å². The molecule has 0 bridgehead atoms. The molecule has 0 saturated heterocycles. The van der Waals surface area contributed by atoms with Crippen LogP contribution in [0.1, 0.15) is 78.6 Å². The summed E-state index contributed by atoms with van der Waals surface area (Å²) in [5.41, 5.74) is 0.738. The van der Waals surface area contributed by atoms with Crippen LogP contribution in [0.4, 0.5) is 0 Å². The van der Waals surface area contributed by atoms with Crippen molar-refractivity contribution in [2.24, 2.45) is 40.4 Å². The van der Waals surface area contributed by atoms with Gasteiger partial charge in [-0.1, -0.05) is 13.8 Å². The van der Waals surface area contributed by atoms with Crippen LogP contribution >= 0.6 is 0 Å². The van der Waals surface area contributed by atoms with E-state index in [0.717, 1.165) is 42.9 Å². The average molecular weight is 417 g/mol. The first-order chi connectivity index (χ1) is 12.9. The third-order valence-corrected chi connectivity index (χ3v) is 9.13. The molecule has 8 atom stereocenters. The van der Waals surface area contributed by atoms with Crippen LogP contribution in [0.15, 0.2) is 0 Å². The Kier molecular flexibility index (Phi) is 6.05. The van der Waals surface area contributed by atoms with Crippen molar-refractivity contribution in [2.75, 3.05) is 0 Å². The number of aliphatic hydroxyl groups excluding tert-OH is 1. The Hall–Kier alpha value is -0.500. The Morgan fingerprint density at radius 1 is 0.893 bits per heavy atom. The summed E-state index contributed by atoms with van der Waals surface area (Å²) in [5.74, 6) is 3.97. The number of carbonyl (C=O) groups is 1. The van der Waals surface area contributed by atoms with Crippen LogP contribution in [0.25, 0.3) is 0 Å². The lowest BCUT2D eigenvalue weighted by molar-refractivity contribution is -0.138. The van der Waals surface area contributed by atoms with E-state index >= 15 is 0 Å². The monoisotopic (exact) mass is 416 g/mol. The van der Waals surface area contributed by atoms with Crippen molar-refractivity contribution in [3.05, 3.63) is 0 Å². The van der Waals surface area contributed by atoms with Crippen molar-refractivity contribution < 1.29 is 27.4 Å². The highest BCUT2D eigenvalue weighted by Gasteiger charge is 2.60. The largest absolute Gasteiger partial charge is 0.394 e. The highest BCUT2D eigenvalue weighted by atomic mass is 32.3. The topological polar surface area (TPSA) is 112 Å². The molecular formula is C21H36O6S. The van der Waals surface area contributed by atoms with Crippen molar-refractivity contribution >= 4 is 16.2 Å². The molecule has 4 aliphatic rings. The third-order valence-electron chi connectivity index (χ3n) is 9.13. The van der Waals surface area contributed by atoms with Gasteiger partial charge < -0.3 is 5.11 Å². The fourth-order valence-electron chi connectivity index (χ4n) is 7.90. The normalized spacial score (nSPS) is 47.8. The first kappa shape index (κ1) is 22.2. The van der Waals surface area contributed by atoms with Crippen LogP contribution < -0.4 is 0 Å². The number of fused-ring (bicyclic) bond motifs is 5. The lowest BCUT2D eigenvalue weighted by atomic mass is 9.44. The SMILES string of the molecule is CC(=O)[C@H]1CC[C@H]2[C@@H]3CC[C@H]4CC(O)CC[C@]4(C)[C@H]3CC[C@]12C.O=S(=O)(O)O. The number of aliphatic hydroxyl groups is 1. The maximum absolute atomic E-state index is 12.2. The van der Waals surface area contributed by atoms with Crippen molar-refractivity contribution in [1.82, 2.24) is 0 Å². The molecule has 0 radical (unpaired) electrons. The third kappa shape index (κ3) is 4.05. The number of rotatable bonds is 1. The van der Waals surface area contributed by atoms with Crippen molar-refractivity contribution in [2.45, 2.75) is 84.7 Å². The Bertz CT molecular complexity index is 698. The molecule has 28 heavy (non-hydrogen) atoms. The number of carbonyl (C=O) groups excluding carboxylic acids is 1. The van der Waals surface area contributed by atoms with E-state index in [9.17, 15) is 9.90 Å². The molecule has 0 aromatic rings. The van der Waals surface area contributed by atoms with E-state index in [1.807, 2.05) is 6.92 Å². The molecule has 6 nitrogen and oxygen atoms in total. The van der Waals surface area contributed by atoms with Gasteiger partial charge in [0.25, 0.3) is 0 Å². The number of Topliss-reactive ketones (excluding diaryl/α,β-unsaturated/α-hetero) is 1. The molecule has 4 rings (SSSR count). The molecule has 4 fully saturated rings. The summed E-state index contributed by atoms with van der Waals surface area (Å²) < 4.78 is 31.6. The Morgan fingerprint density at radius 2 is 1.46 bits per heavy atom. The maximum atomic E-state index is 12.2. The molecule has 0 heterocycles. The highest BCUT2D eigenvalue weighted by Crippen LogP contribution is 2.67. The molecular weight excluding hydrogens is 380 g/mol. The van der Waals surface area contributed by atoms with E-state index in [1.54, 1.807) is 0 Å². The fourth-order valence-corrected chi connectivity index (χ4v) is 7.90. The Labute approximate surface area is 169 Å². The molecule has 162 valence electrons. The quantitative estimate of drug-likeness (QED) is 0.558. The summed E-state index contributed by atoms with van der Waals surface area (Å²) in [7, 11) is -4.67. The minimum absolute atomic E-state index is 0.0490. The minimum Gasteiger partial charge on any atom is -0.393 e. The number of ketones is 1. The molecule has 1 unspecified atom stereocenters. The van der Waals surface area contributed by atoms with Crippen LogP contribution in [-0.4, -0.2) is 34.5 Å². The summed E-state index contributed by atoms with van der Waals surface area (Å²) in [4.78, 5) is 12.2. The molecule has 0 aromatic heterocycles. The molecule has 4 aliphatic carbocycles. The van der Waals surface area contributed by atoms with Crippen molar-refractivity contribution in [3.63, 3.8) is 0 Å². The van der Waals surface area contributed by atoms with Crippen LogP contribution in [0.3, 0.4) is 0 Å². The lowest BCUT2D eigenvalue weighted by Gasteiger charge is -2.60. The Morgan fingerprint density at radius 3 is 2.07 bits per heavy atom. The van der Waals surface area contributed by atoms with Gasteiger partial charge in [-0.2, -0.15) is 8.42 Å². The summed E-state index contributed by atoms with van der Waals surface area (Å²) >= 11 is 0. The van der Waals surface area contributed by atoms with Gasteiger partial charge in [-0.3, -0.25) is 13.9 Å².